The first-order chi connectivity index (χ1) is 8.61. The number of hydrogen-bond acceptors (Lipinski definition) is 2. The Morgan fingerprint density at radius 2 is 2.22 bits per heavy atom. The molecule has 96 valence electrons. The fraction of sp³-hybridized carbons (Fsp3) is 0.308. The second-order valence-electron chi connectivity index (χ2n) is 4.11. The second-order valence-corrected chi connectivity index (χ2v) is 5.37. The lowest BCUT2D eigenvalue weighted by Gasteiger charge is -2.17. The van der Waals surface area contributed by atoms with E-state index < -0.39 is 0 Å². The van der Waals surface area contributed by atoms with Crippen LogP contribution in [0.4, 0.5) is 0 Å². The van der Waals surface area contributed by atoms with Gasteiger partial charge in [0.15, 0.2) is 0 Å². The molecule has 0 aliphatic carbocycles. The van der Waals surface area contributed by atoms with E-state index in [2.05, 4.69) is 33.3 Å². The molecular weight excluding hydrogens is 314 g/mol. The van der Waals surface area contributed by atoms with Gasteiger partial charge in [-0.25, -0.2) is 0 Å². The van der Waals surface area contributed by atoms with Crippen molar-refractivity contribution >= 4 is 27.5 Å². The van der Waals surface area contributed by atoms with Gasteiger partial charge in [-0.05, 0) is 40.2 Å². The van der Waals surface area contributed by atoms with Crippen molar-refractivity contribution in [1.29, 1.82) is 0 Å². The average Bonchev–Trinajstić information content (AvgIpc) is 2.76. The summed E-state index contributed by atoms with van der Waals surface area (Å²) in [6, 6.07) is 6.12. The molecule has 1 aromatic heterocycles. The number of halogens is 2. The highest BCUT2D eigenvalue weighted by molar-refractivity contribution is 9.10. The van der Waals surface area contributed by atoms with E-state index in [1.165, 1.54) is 5.56 Å². The number of aromatic nitrogens is 2. The van der Waals surface area contributed by atoms with Crippen LogP contribution in [0.25, 0.3) is 0 Å². The van der Waals surface area contributed by atoms with Gasteiger partial charge in [0.1, 0.15) is 0 Å². The molecule has 1 atom stereocenters. The monoisotopic (exact) mass is 327 g/mol. The summed E-state index contributed by atoms with van der Waals surface area (Å²) in [6.45, 7) is 2.98. The van der Waals surface area contributed by atoms with Crippen LogP contribution in [0.3, 0.4) is 0 Å². The molecule has 1 aromatic carbocycles. The number of aryl methyl sites for hydroxylation is 1. The fourth-order valence-corrected chi connectivity index (χ4v) is 2.43. The molecule has 0 amide bonds. The molecule has 18 heavy (non-hydrogen) atoms. The van der Waals surface area contributed by atoms with Crippen LogP contribution in [0.5, 0.6) is 0 Å². The van der Waals surface area contributed by atoms with Gasteiger partial charge in [0.05, 0.1) is 17.3 Å². The maximum atomic E-state index is 6.03. The molecule has 0 saturated heterocycles. The Kier molecular flexibility index (Phi) is 4.43. The first kappa shape index (κ1) is 13.6. The van der Waals surface area contributed by atoms with E-state index in [4.69, 9.17) is 11.6 Å². The van der Waals surface area contributed by atoms with Crippen LogP contribution in [0.15, 0.2) is 35.1 Å². The lowest BCUT2D eigenvalue weighted by Crippen LogP contribution is -2.21. The van der Waals surface area contributed by atoms with E-state index in [9.17, 15) is 0 Å². The predicted molar refractivity (Wildman–Crippen MR) is 77.9 cm³/mol. The SMILES string of the molecule is CCNC(c1ccc(Cl)c(Br)c1)c1cnn(C)c1. The van der Waals surface area contributed by atoms with Crippen molar-refractivity contribution in [3.05, 3.63) is 51.2 Å². The highest BCUT2D eigenvalue weighted by Gasteiger charge is 2.15. The van der Waals surface area contributed by atoms with Crippen molar-refractivity contribution in [1.82, 2.24) is 15.1 Å². The van der Waals surface area contributed by atoms with Gasteiger partial charge >= 0.3 is 0 Å². The van der Waals surface area contributed by atoms with E-state index in [1.54, 1.807) is 0 Å². The first-order valence-corrected chi connectivity index (χ1v) is 6.95. The summed E-state index contributed by atoms with van der Waals surface area (Å²) in [7, 11) is 1.92. The van der Waals surface area contributed by atoms with Gasteiger partial charge < -0.3 is 5.32 Å². The highest BCUT2D eigenvalue weighted by atomic mass is 79.9. The fourth-order valence-electron chi connectivity index (χ4n) is 1.91. The number of nitrogens with zero attached hydrogens (tertiary/aromatic N) is 2. The number of rotatable bonds is 4. The molecule has 0 radical (unpaired) electrons. The van der Waals surface area contributed by atoms with Gasteiger partial charge in [-0.15, -0.1) is 0 Å². The molecule has 1 unspecified atom stereocenters. The maximum Gasteiger partial charge on any atom is 0.0608 e. The minimum atomic E-state index is 0.136. The van der Waals surface area contributed by atoms with Crippen LogP contribution in [-0.4, -0.2) is 16.3 Å². The molecule has 0 aliphatic heterocycles. The van der Waals surface area contributed by atoms with Crippen molar-refractivity contribution in [2.45, 2.75) is 13.0 Å². The Morgan fingerprint density at radius 1 is 1.44 bits per heavy atom. The lowest BCUT2D eigenvalue weighted by molar-refractivity contribution is 0.629. The summed E-state index contributed by atoms with van der Waals surface area (Å²) in [5, 5.41) is 8.40. The third-order valence-electron chi connectivity index (χ3n) is 2.74. The Bertz CT molecular complexity index is 539. The molecule has 2 aromatic rings. The molecule has 1 heterocycles. The molecule has 1 N–H and O–H groups in total. The molecule has 0 aliphatic rings. The summed E-state index contributed by atoms with van der Waals surface area (Å²) in [4.78, 5) is 0. The van der Waals surface area contributed by atoms with Gasteiger partial charge in [0.2, 0.25) is 0 Å². The third-order valence-corrected chi connectivity index (χ3v) is 3.96. The zero-order valence-corrected chi connectivity index (χ0v) is 12.7. The van der Waals surface area contributed by atoms with Crippen LogP contribution in [0.1, 0.15) is 24.1 Å². The van der Waals surface area contributed by atoms with Crippen molar-refractivity contribution in [2.75, 3.05) is 6.54 Å². The molecule has 2 rings (SSSR count). The zero-order valence-electron chi connectivity index (χ0n) is 10.3. The number of benzene rings is 1. The van der Waals surface area contributed by atoms with Crippen molar-refractivity contribution in [3.8, 4) is 0 Å². The van der Waals surface area contributed by atoms with E-state index in [1.807, 2.05) is 42.3 Å². The van der Waals surface area contributed by atoms with E-state index in [-0.39, 0.29) is 6.04 Å². The Labute approximate surface area is 120 Å². The van der Waals surface area contributed by atoms with Gasteiger partial charge in [-0.2, -0.15) is 5.10 Å². The molecular formula is C13H15BrClN3. The van der Waals surface area contributed by atoms with Crippen LogP contribution in [0.2, 0.25) is 5.02 Å². The normalized spacial score (nSPS) is 12.7. The first-order valence-electron chi connectivity index (χ1n) is 5.78. The Balaban J connectivity index is 2.37. The summed E-state index contributed by atoms with van der Waals surface area (Å²) < 4.78 is 2.72. The van der Waals surface area contributed by atoms with Gasteiger partial charge in [-0.1, -0.05) is 24.6 Å². The van der Waals surface area contributed by atoms with Crippen LogP contribution in [-0.2, 0) is 7.05 Å². The van der Waals surface area contributed by atoms with Crippen LogP contribution in [0, 0.1) is 0 Å². The topological polar surface area (TPSA) is 29.9 Å². The minimum absolute atomic E-state index is 0.136. The molecule has 0 saturated carbocycles. The van der Waals surface area contributed by atoms with E-state index >= 15 is 0 Å². The van der Waals surface area contributed by atoms with Crippen molar-refractivity contribution in [3.63, 3.8) is 0 Å². The Morgan fingerprint density at radius 3 is 2.78 bits per heavy atom. The van der Waals surface area contributed by atoms with E-state index in [0.29, 0.717) is 0 Å². The summed E-state index contributed by atoms with van der Waals surface area (Å²) in [5.41, 5.74) is 2.31. The zero-order chi connectivity index (χ0) is 13.1. The highest BCUT2D eigenvalue weighted by Crippen LogP contribution is 2.28. The molecule has 5 heteroatoms. The molecule has 3 nitrogen and oxygen atoms in total. The quantitative estimate of drug-likeness (QED) is 0.930. The van der Waals surface area contributed by atoms with E-state index in [0.717, 1.165) is 21.6 Å². The smallest absolute Gasteiger partial charge is 0.0608 e. The maximum absolute atomic E-state index is 6.03. The lowest BCUT2D eigenvalue weighted by atomic mass is 10.0. The van der Waals surface area contributed by atoms with Gasteiger partial charge in [-0.3, -0.25) is 4.68 Å². The minimum Gasteiger partial charge on any atom is -0.306 e. The third kappa shape index (κ3) is 2.94. The van der Waals surface area contributed by atoms with Crippen molar-refractivity contribution in [2.24, 2.45) is 7.05 Å². The Hall–Kier alpha value is -0.840. The predicted octanol–water partition coefficient (Wildman–Crippen LogP) is 3.53. The summed E-state index contributed by atoms with van der Waals surface area (Å²) in [5.74, 6) is 0. The second kappa shape index (κ2) is 5.87. The molecule has 0 spiro atoms. The molecule has 0 bridgehead atoms. The van der Waals surface area contributed by atoms with Crippen molar-refractivity contribution < 1.29 is 0 Å². The summed E-state index contributed by atoms with van der Waals surface area (Å²) >= 11 is 9.49. The number of hydrogen-bond donors (Lipinski definition) is 1. The largest absolute Gasteiger partial charge is 0.306 e. The average molecular weight is 329 g/mol. The standard InChI is InChI=1S/C13H15BrClN3/c1-3-16-13(10-7-17-18(2)8-10)9-4-5-12(15)11(14)6-9/h4-8,13,16H,3H2,1-2H3. The van der Waals surface area contributed by atoms with Gasteiger partial charge in [0, 0.05) is 23.3 Å². The molecule has 0 fully saturated rings. The van der Waals surface area contributed by atoms with Crippen LogP contribution >= 0.6 is 27.5 Å². The number of nitrogens with one attached hydrogen (secondary N) is 1. The van der Waals surface area contributed by atoms with Crippen LogP contribution < -0.4 is 5.32 Å². The summed E-state index contributed by atoms with van der Waals surface area (Å²) in [6.07, 6.45) is 3.91. The van der Waals surface area contributed by atoms with Gasteiger partial charge in [0.25, 0.3) is 0 Å².